The second kappa shape index (κ2) is 11.2. The van der Waals surface area contributed by atoms with Crippen molar-refractivity contribution in [2.45, 2.75) is 25.3 Å². The third-order valence-electron chi connectivity index (χ3n) is 7.57. The number of rotatable bonds is 6. The second-order valence-corrected chi connectivity index (χ2v) is 11.2. The quantitative estimate of drug-likeness (QED) is 0.248. The number of amides is 2. The first-order valence-electron chi connectivity index (χ1n) is 13.6. The summed E-state index contributed by atoms with van der Waals surface area (Å²) < 4.78 is 30.4. The number of fused-ring (bicyclic) bond motifs is 1. The third-order valence-corrected chi connectivity index (χ3v) is 8.70. The third kappa shape index (κ3) is 5.25. The molecule has 41 heavy (non-hydrogen) atoms. The van der Waals surface area contributed by atoms with Crippen LogP contribution in [0, 0.1) is 11.6 Å². The van der Waals surface area contributed by atoms with Crippen LogP contribution in [0.1, 0.15) is 40.1 Å². The molecule has 2 aromatic heterocycles. The number of carbonyl (C=O) groups excluding carboxylic acids is 2. The molecule has 0 aliphatic carbocycles. The van der Waals surface area contributed by atoms with E-state index in [-0.39, 0.29) is 35.9 Å². The number of para-hydroxylation sites is 1. The summed E-state index contributed by atoms with van der Waals surface area (Å²) in [5, 5.41) is 4.42. The maximum Gasteiger partial charge on any atom is 0.274 e. The van der Waals surface area contributed by atoms with Gasteiger partial charge in [0.05, 0.1) is 10.4 Å². The van der Waals surface area contributed by atoms with E-state index in [2.05, 4.69) is 10.3 Å². The van der Waals surface area contributed by atoms with E-state index >= 15 is 0 Å². The Morgan fingerprint density at radius 2 is 1.76 bits per heavy atom. The number of carbonyl (C=O) groups is 2. The molecule has 0 spiro atoms. The molecule has 1 unspecified atom stereocenters. The fourth-order valence-corrected chi connectivity index (χ4v) is 6.54. The van der Waals surface area contributed by atoms with Crippen molar-refractivity contribution >= 4 is 34.1 Å². The van der Waals surface area contributed by atoms with Crippen molar-refractivity contribution in [3.63, 3.8) is 0 Å². The normalized spacial score (nSPS) is 15.3. The van der Waals surface area contributed by atoms with Crippen molar-refractivity contribution in [2.24, 2.45) is 7.05 Å². The lowest BCUT2D eigenvalue weighted by molar-refractivity contribution is 0.0598. The van der Waals surface area contributed by atoms with E-state index in [1.807, 2.05) is 42.1 Å². The fraction of sp³-hybridized carbons (Fsp3) is 0.219. The Morgan fingerprint density at radius 3 is 2.56 bits per heavy atom. The number of hydrogen-bond acceptors (Lipinski definition) is 4. The lowest BCUT2D eigenvalue weighted by atomic mass is 10.0. The van der Waals surface area contributed by atoms with Gasteiger partial charge < -0.3 is 14.8 Å². The van der Waals surface area contributed by atoms with E-state index < -0.39 is 5.82 Å². The highest BCUT2D eigenvalue weighted by molar-refractivity contribution is 7.18. The van der Waals surface area contributed by atoms with Crippen molar-refractivity contribution in [1.29, 1.82) is 0 Å². The molecule has 0 radical (unpaired) electrons. The molecule has 0 saturated carbocycles. The van der Waals surface area contributed by atoms with Crippen LogP contribution in [0.3, 0.4) is 0 Å². The summed E-state index contributed by atoms with van der Waals surface area (Å²) in [7, 11) is 1.90. The zero-order valence-electron chi connectivity index (χ0n) is 22.4. The van der Waals surface area contributed by atoms with Gasteiger partial charge in [0.25, 0.3) is 11.8 Å². The summed E-state index contributed by atoms with van der Waals surface area (Å²) >= 11 is 1.21. The highest BCUT2D eigenvalue weighted by atomic mass is 32.1. The highest BCUT2D eigenvalue weighted by Gasteiger charge is 2.32. The van der Waals surface area contributed by atoms with Crippen LogP contribution in [-0.2, 0) is 7.05 Å². The molecule has 1 aliphatic heterocycles. The van der Waals surface area contributed by atoms with E-state index in [4.69, 9.17) is 0 Å². The molecule has 5 aromatic rings. The molecule has 6 nitrogen and oxygen atoms in total. The summed E-state index contributed by atoms with van der Waals surface area (Å²) in [6, 6.07) is 19.7. The zero-order chi connectivity index (χ0) is 28.5. The molecule has 2 amide bonds. The predicted octanol–water partition coefficient (Wildman–Crippen LogP) is 6.67. The Bertz CT molecular complexity index is 1740. The molecule has 9 heteroatoms. The molecule has 1 fully saturated rings. The van der Waals surface area contributed by atoms with Gasteiger partial charge in [-0.05, 0) is 55.7 Å². The van der Waals surface area contributed by atoms with Gasteiger partial charge in [-0.25, -0.2) is 13.8 Å². The Kier molecular flexibility index (Phi) is 7.36. The number of nitrogens with zero attached hydrogens (tertiary/aromatic N) is 3. The van der Waals surface area contributed by atoms with Crippen LogP contribution < -0.4 is 5.32 Å². The number of aromatic nitrogens is 2. The monoisotopic (exact) mass is 570 g/mol. The lowest BCUT2D eigenvalue weighted by Gasteiger charge is -2.35. The maximum absolute atomic E-state index is 14.9. The average Bonchev–Trinajstić information content (AvgIpc) is 3.58. The van der Waals surface area contributed by atoms with Gasteiger partial charge in [-0.2, -0.15) is 0 Å². The summed E-state index contributed by atoms with van der Waals surface area (Å²) in [4.78, 5) is 34.1. The molecule has 1 aliphatic rings. The van der Waals surface area contributed by atoms with Gasteiger partial charge >= 0.3 is 0 Å². The number of nitrogens with one attached hydrogen (secondary N) is 1. The molecule has 0 bridgehead atoms. The van der Waals surface area contributed by atoms with Crippen molar-refractivity contribution in [3.05, 3.63) is 102 Å². The minimum absolute atomic E-state index is 0.159. The van der Waals surface area contributed by atoms with Crippen molar-refractivity contribution in [3.8, 4) is 21.0 Å². The molecular weight excluding hydrogens is 542 g/mol. The largest absolute Gasteiger partial charge is 0.350 e. The van der Waals surface area contributed by atoms with Gasteiger partial charge in [-0.3, -0.25) is 9.59 Å². The Balaban J connectivity index is 1.29. The lowest BCUT2D eigenvalue weighted by Crippen LogP contribution is -2.49. The van der Waals surface area contributed by atoms with E-state index in [0.29, 0.717) is 33.1 Å². The first-order chi connectivity index (χ1) is 19.9. The molecule has 6 rings (SSSR count). The van der Waals surface area contributed by atoms with Crippen LogP contribution in [0.5, 0.6) is 0 Å². The van der Waals surface area contributed by atoms with Crippen LogP contribution in [0.25, 0.3) is 31.9 Å². The number of halogens is 2. The van der Waals surface area contributed by atoms with Gasteiger partial charge in [-0.1, -0.05) is 36.4 Å². The van der Waals surface area contributed by atoms with Gasteiger partial charge in [-0.15, -0.1) is 11.3 Å². The number of piperidine rings is 1. The van der Waals surface area contributed by atoms with Gasteiger partial charge in [0.2, 0.25) is 0 Å². The number of benzene rings is 3. The standard InChI is InChI=1S/C32H28F2N4O2S/c1-37-19-25(23-9-3-5-12-27(23)37)30(39)35-18-22-8-6-7-17-38(22)32(40)28-29(24-10-2-4-11-26(24)34)41-31(36-28)20-13-15-21(33)16-14-20/h2-5,9-16,19,22H,6-8,17-18H2,1H3,(H,35,39). The number of likely N-dealkylation sites (tertiary alicyclic amines) is 1. The molecule has 3 aromatic carbocycles. The summed E-state index contributed by atoms with van der Waals surface area (Å²) in [5.74, 6) is -1.33. The minimum atomic E-state index is -0.451. The first kappa shape index (κ1) is 26.8. The van der Waals surface area contributed by atoms with Crippen molar-refractivity contribution in [1.82, 2.24) is 19.8 Å². The van der Waals surface area contributed by atoms with Crippen LogP contribution >= 0.6 is 11.3 Å². The topological polar surface area (TPSA) is 67.2 Å². The van der Waals surface area contributed by atoms with Gasteiger partial charge in [0.1, 0.15) is 22.3 Å². The second-order valence-electron chi connectivity index (χ2n) is 10.2. The van der Waals surface area contributed by atoms with Gasteiger partial charge in [0, 0.05) is 54.4 Å². The Morgan fingerprint density at radius 1 is 1.00 bits per heavy atom. The Labute approximate surface area is 240 Å². The van der Waals surface area contributed by atoms with Crippen molar-refractivity contribution in [2.75, 3.05) is 13.1 Å². The smallest absolute Gasteiger partial charge is 0.274 e. The SMILES string of the molecule is Cn1cc(C(=O)NCC2CCCCN2C(=O)c2nc(-c3ccc(F)cc3)sc2-c2ccccc2F)c2ccccc21. The molecule has 208 valence electrons. The maximum atomic E-state index is 14.9. The van der Waals surface area contributed by atoms with Crippen LogP contribution in [-0.4, -0.2) is 45.4 Å². The van der Waals surface area contributed by atoms with E-state index in [1.54, 1.807) is 35.2 Å². The number of aryl methyl sites for hydroxylation is 1. The molecular formula is C32H28F2N4O2S. The summed E-state index contributed by atoms with van der Waals surface area (Å²) in [5.41, 5.74) is 2.65. The van der Waals surface area contributed by atoms with Crippen LogP contribution in [0.4, 0.5) is 8.78 Å². The molecule has 1 N–H and O–H groups in total. The van der Waals surface area contributed by atoms with Crippen LogP contribution in [0.2, 0.25) is 0 Å². The molecule has 1 atom stereocenters. The van der Waals surface area contributed by atoms with E-state index in [9.17, 15) is 18.4 Å². The highest BCUT2D eigenvalue weighted by Crippen LogP contribution is 2.38. The molecule has 1 saturated heterocycles. The number of hydrogen-bond donors (Lipinski definition) is 1. The van der Waals surface area contributed by atoms with Gasteiger partial charge in [0.15, 0.2) is 0 Å². The van der Waals surface area contributed by atoms with E-state index in [0.717, 1.165) is 30.2 Å². The number of thiazole rings is 1. The summed E-state index contributed by atoms with van der Waals surface area (Å²) in [6.07, 6.45) is 4.29. The zero-order valence-corrected chi connectivity index (χ0v) is 23.3. The predicted molar refractivity (Wildman–Crippen MR) is 157 cm³/mol. The van der Waals surface area contributed by atoms with E-state index in [1.165, 1.54) is 29.5 Å². The first-order valence-corrected chi connectivity index (χ1v) is 14.4. The average molecular weight is 571 g/mol. The Hall–Kier alpha value is -4.37. The minimum Gasteiger partial charge on any atom is -0.350 e. The molecule has 3 heterocycles. The summed E-state index contributed by atoms with van der Waals surface area (Å²) in [6.45, 7) is 0.797. The van der Waals surface area contributed by atoms with Crippen LogP contribution in [0.15, 0.2) is 79.0 Å². The fourth-order valence-electron chi connectivity index (χ4n) is 5.45. The van der Waals surface area contributed by atoms with Crippen molar-refractivity contribution < 1.29 is 18.4 Å².